The fourth-order valence-corrected chi connectivity index (χ4v) is 4.15. The SMILES string of the molecule is CCn1c(SCC[NH+](CC)CC)nc2c([nH]c3ccccc32)c1=O. The van der Waals surface area contributed by atoms with Crippen molar-refractivity contribution in [2.24, 2.45) is 0 Å². The van der Waals surface area contributed by atoms with E-state index in [1.165, 1.54) is 0 Å². The van der Waals surface area contributed by atoms with Crippen molar-refractivity contribution >= 4 is 33.7 Å². The Morgan fingerprint density at radius 1 is 1.21 bits per heavy atom. The molecule has 0 aliphatic carbocycles. The van der Waals surface area contributed by atoms with Crippen LogP contribution in [0.4, 0.5) is 0 Å². The molecule has 0 bridgehead atoms. The molecule has 5 nitrogen and oxygen atoms in total. The number of H-pyrrole nitrogens is 1. The van der Waals surface area contributed by atoms with Crippen LogP contribution in [0.5, 0.6) is 0 Å². The lowest BCUT2D eigenvalue weighted by molar-refractivity contribution is -0.893. The summed E-state index contributed by atoms with van der Waals surface area (Å²) in [6.07, 6.45) is 0. The maximum atomic E-state index is 12.8. The molecule has 0 radical (unpaired) electrons. The molecule has 1 aromatic carbocycles. The largest absolute Gasteiger partial charge is 0.349 e. The maximum absolute atomic E-state index is 12.8. The Kier molecular flexibility index (Phi) is 5.26. The van der Waals surface area contributed by atoms with Gasteiger partial charge in [0.1, 0.15) is 11.0 Å². The van der Waals surface area contributed by atoms with E-state index in [0.717, 1.165) is 47.0 Å². The molecule has 0 fully saturated rings. The minimum atomic E-state index is 0.0244. The zero-order valence-corrected chi connectivity index (χ0v) is 15.4. The van der Waals surface area contributed by atoms with Crippen LogP contribution >= 0.6 is 11.8 Å². The number of para-hydroxylation sites is 1. The summed E-state index contributed by atoms with van der Waals surface area (Å²) < 4.78 is 1.78. The lowest BCUT2D eigenvalue weighted by atomic mass is 10.2. The van der Waals surface area contributed by atoms with Crippen LogP contribution in [0.25, 0.3) is 21.9 Å². The second kappa shape index (κ2) is 7.40. The monoisotopic (exact) mass is 345 g/mol. The van der Waals surface area contributed by atoms with Crippen molar-refractivity contribution in [1.29, 1.82) is 0 Å². The van der Waals surface area contributed by atoms with Gasteiger partial charge in [-0.05, 0) is 26.8 Å². The van der Waals surface area contributed by atoms with Crippen LogP contribution in [0.15, 0.2) is 34.2 Å². The fraction of sp³-hybridized carbons (Fsp3) is 0.444. The van der Waals surface area contributed by atoms with Crippen molar-refractivity contribution in [3.63, 3.8) is 0 Å². The van der Waals surface area contributed by atoms with E-state index < -0.39 is 0 Å². The second-order valence-corrected chi connectivity index (χ2v) is 6.96. The average molecular weight is 345 g/mol. The van der Waals surface area contributed by atoms with Gasteiger partial charge in [-0.1, -0.05) is 30.0 Å². The smallest absolute Gasteiger partial charge is 0.278 e. The normalized spacial score (nSPS) is 11.8. The van der Waals surface area contributed by atoms with E-state index in [1.54, 1.807) is 21.2 Å². The summed E-state index contributed by atoms with van der Waals surface area (Å²) in [7, 11) is 0. The summed E-state index contributed by atoms with van der Waals surface area (Å²) >= 11 is 1.69. The Hall–Kier alpha value is -1.79. The molecule has 128 valence electrons. The van der Waals surface area contributed by atoms with E-state index in [9.17, 15) is 4.79 Å². The molecule has 0 aliphatic heterocycles. The van der Waals surface area contributed by atoms with Gasteiger partial charge < -0.3 is 9.88 Å². The van der Waals surface area contributed by atoms with E-state index >= 15 is 0 Å². The third-order valence-electron chi connectivity index (χ3n) is 4.58. The first-order valence-electron chi connectivity index (χ1n) is 8.67. The Balaban J connectivity index is 2.00. The Morgan fingerprint density at radius 3 is 2.67 bits per heavy atom. The molecule has 0 spiro atoms. The summed E-state index contributed by atoms with van der Waals surface area (Å²) in [6.45, 7) is 10.4. The van der Waals surface area contributed by atoms with Crippen LogP contribution in [0, 0.1) is 0 Å². The molecular formula is C18H25N4OS+. The summed E-state index contributed by atoms with van der Waals surface area (Å²) in [4.78, 5) is 22.5. The zero-order valence-electron chi connectivity index (χ0n) is 14.6. The minimum absolute atomic E-state index is 0.0244. The van der Waals surface area contributed by atoms with Crippen LogP contribution in [0.1, 0.15) is 20.8 Å². The Labute approximate surface area is 146 Å². The van der Waals surface area contributed by atoms with Gasteiger partial charge in [0, 0.05) is 17.4 Å². The quantitative estimate of drug-likeness (QED) is 0.508. The average Bonchev–Trinajstić information content (AvgIpc) is 2.98. The molecule has 0 atom stereocenters. The fourth-order valence-electron chi connectivity index (χ4n) is 3.06. The molecular weight excluding hydrogens is 320 g/mol. The van der Waals surface area contributed by atoms with Gasteiger partial charge in [-0.15, -0.1) is 0 Å². The number of hydrogen-bond acceptors (Lipinski definition) is 3. The number of rotatable bonds is 7. The van der Waals surface area contributed by atoms with Gasteiger partial charge in [-0.25, -0.2) is 4.98 Å². The van der Waals surface area contributed by atoms with E-state index in [2.05, 4.69) is 18.8 Å². The highest BCUT2D eigenvalue weighted by Crippen LogP contribution is 2.24. The molecule has 6 heteroatoms. The lowest BCUT2D eigenvalue weighted by Gasteiger charge is -2.15. The Bertz CT molecular complexity index is 895. The van der Waals surface area contributed by atoms with Crippen molar-refractivity contribution in [3.05, 3.63) is 34.6 Å². The highest BCUT2D eigenvalue weighted by Gasteiger charge is 2.15. The molecule has 24 heavy (non-hydrogen) atoms. The van der Waals surface area contributed by atoms with Gasteiger partial charge in [-0.2, -0.15) is 0 Å². The zero-order chi connectivity index (χ0) is 17.1. The molecule has 2 aromatic heterocycles. The lowest BCUT2D eigenvalue weighted by Crippen LogP contribution is -3.11. The van der Waals surface area contributed by atoms with Crippen molar-refractivity contribution in [2.45, 2.75) is 32.5 Å². The number of aromatic amines is 1. The van der Waals surface area contributed by atoms with Gasteiger partial charge in [0.25, 0.3) is 5.56 Å². The number of quaternary nitrogens is 1. The maximum Gasteiger partial charge on any atom is 0.278 e. The van der Waals surface area contributed by atoms with Crippen LogP contribution < -0.4 is 10.5 Å². The molecule has 0 aliphatic rings. The van der Waals surface area contributed by atoms with Gasteiger partial charge in [0.2, 0.25) is 0 Å². The van der Waals surface area contributed by atoms with Crippen molar-refractivity contribution in [3.8, 4) is 0 Å². The van der Waals surface area contributed by atoms with Crippen LogP contribution in [0.2, 0.25) is 0 Å². The first-order valence-corrected chi connectivity index (χ1v) is 9.65. The Morgan fingerprint density at radius 2 is 1.96 bits per heavy atom. The molecule has 0 unspecified atom stereocenters. The van der Waals surface area contributed by atoms with Crippen LogP contribution in [-0.4, -0.2) is 39.9 Å². The third kappa shape index (κ3) is 3.08. The number of nitrogens with zero attached hydrogens (tertiary/aromatic N) is 2. The molecule has 3 rings (SSSR count). The standard InChI is InChI=1S/C18H24N4OS/c1-4-21(5-2)11-12-24-18-20-15-13-9-7-8-10-14(13)19-16(15)17(23)22(18)6-3/h7-10,19H,4-6,11-12H2,1-3H3/p+1. The van der Waals surface area contributed by atoms with E-state index in [-0.39, 0.29) is 5.56 Å². The highest BCUT2D eigenvalue weighted by molar-refractivity contribution is 7.99. The van der Waals surface area contributed by atoms with E-state index in [0.29, 0.717) is 12.1 Å². The number of benzene rings is 1. The molecule has 2 N–H and O–H groups in total. The number of hydrogen-bond donors (Lipinski definition) is 2. The van der Waals surface area contributed by atoms with Crippen molar-refractivity contribution < 1.29 is 4.90 Å². The summed E-state index contributed by atoms with van der Waals surface area (Å²) in [5.74, 6) is 0.970. The van der Waals surface area contributed by atoms with Crippen molar-refractivity contribution in [2.75, 3.05) is 25.4 Å². The number of nitrogens with one attached hydrogen (secondary N) is 2. The minimum Gasteiger partial charge on any atom is -0.349 e. The van der Waals surface area contributed by atoms with Gasteiger partial charge in [0.15, 0.2) is 5.16 Å². The van der Waals surface area contributed by atoms with Crippen LogP contribution in [-0.2, 0) is 6.54 Å². The van der Waals surface area contributed by atoms with Crippen LogP contribution in [0.3, 0.4) is 0 Å². The molecule has 3 aromatic rings. The van der Waals surface area contributed by atoms with Crippen molar-refractivity contribution in [1.82, 2.24) is 14.5 Å². The first kappa shape index (κ1) is 17.0. The summed E-state index contributed by atoms with van der Waals surface area (Å²) in [5.41, 5.74) is 2.39. The predicted molar refractivity (Wildman–Crippen MR) is 101 cm³/mol. The topological polar surface area (TPSA) is 55.1 Å². The van der Waals surface area contributed by atoms with Gasteiger partial charge in [0.05, 0.1) is 25.4 Å². The highest BCUT2D eigenvalue weighted by atomic mass is 32.2. The molecule has 0 amide bonds. The number of fused-ring (bicyclic) bond motifs is 3. The summed E-state index contributed by atoms with van der Waals surface area (Å²) in [6, 6.07) is 7.96. The number of thioether (sulfide) groups is 1. The second-order valence-electron chi connectivity index (χ2n) is 5.89. The van der Waals surface area contributed by atoms with E-state index in [4.69, 9.17) is 4.98 Å². The molecule has 0 saturated heterocycles. The number of aromatic nitrogens is 3. The van der Waals surface area contributed by atoms with Gasteiger partial charge in [-0.3, -0.25) is 9.36 Å². The first-order chi connectivity index (χ1) is 11.7. The predicted octanol–water partition coefficient (Wildman–Crippen LogP) is 1.91. The molecule has 2 heterocycles. The molecule has 0 saturated carbocycles. The van der Waals surface area contributed by atoms with Gasteiger partial charge >= 0.3 is 0 Å². The third-order valence-corrected chi connectivity index (χ3v) is 5.56. The summed E-state index contributed by atoms with van der Waals surface area (Å²) in [5, 5.41) is 1.84. The van der Waals surface area contributed by atoms with E-state index in [1.807, 2.05) is 31.2 Å².